The number of hydrogen-bond donors (Lipinski definition) is 3. The largest absolute Gasteiger partial charge is 0.494 e. The minimum atomic E-state index is -1.15. The van der Waals surface area contributed by atoms with Crippen LogP contribution in [0.4, 0.5) is 0 Å². The molecule has 1 saturated carbocycles. The molecule has 1 aromatic rings. The third-order valence-corrected chi connectivity index (χ3v) is 5.65. The molecule has 0 aromatic carbocycles. The van der Waals surface area contributed by atoms with Crippen molar-refractivity contribution < 1.29 is 19.8 Å². The zero-order valence-electron chi connectivity index (χ0n) is 12.4. The molecular weight excluding hydrogens is 284 g/mol. The highest BCUT2D eigenvalue weighted by atomic mass is 16.3. The SMILES string of the molecule is O=C1NC(=O)C2(n3c(O)c4c(c3O)CCCC4)CCCCC12. The van der Waals surface area contributed by atoms with E-state index in [0.29, 0.717) is 25.7 Å². The average Bonchev–Trinajstić information content (AvgIpc) is 2.93. The average molecular weight is 304 g/mol. The van der Waals surface area contributed by atoms with Gasteiger partial charge in [0.25, 0.3) is 5.91 Å². The lowest BCUT2D eigenvalue weighted by Crippen LogP contribution is -2.47. The fourth-order valence-electron chi connectivity index (χ4n) is 4.60. The highest BCUT2D eigenvalue weighted by molar-refractivity contribution is 6.09. The Morgan fingerprint density at radius 1 is 1.00 bits per heavy atom. The Balaban J connectivity index is 1.95. The number of fused-ring (bicyclic) bond motifs is 2. The first kappa shape index (κ1) is 13.7. The zero-order chi connectivity index (χ0) is 15.5. The van der Waals surface area contributed by atoms with Crippen molar-refractivity contribution in [1.82, 2.24) is 9.88 Å². The zero-order valence-corrected chi connectivity index (χ0v) is 12.4. The molecule has 0 spiro atoms. The summed E-state index contributed by atoms with van der Waals surface area (Å²) in [7, 11) is 0. The van der Waals surface area contributed by atoms with E-state index in [1.807, 2.05) is 0 Å². The quantitative estimate of drug-likeness (QED) is 0.682. The van der Waals surface area contributed by atoms with E-state index >= 15 is 0 Å². The molecule has 2 atom stereocenters. The van der Waals surface area contributed by atoms with Crippen LogP contribution in [0.2, 0.25) is 0 Å². The highest BCUT2D eigenvalue weighted by Crippen LogP contribution is 2.51. The molecule has 2 aliphatic carbocycles. The molecule has 1 saturated heterocycles. The second kappa shape index (κ2) is 4.51. The lowest BCUT2D eigenvalue weighted by atomic mass is 9.74. The first-order valence-corrected chi connectivity index (χ1v) is 8.07. The second-order valence-electron chi connectivity index (χ2n) is 6.69. The Labute approximate surface area is 128 Å². The molecule has 2 amide bonds. The topological polar surface area (TPSA) is 91.6 Å². The van der Waals surface area contributed by atoms with Crippen LogP contribution in [0, 0.1) is 5.92 Å². The van der Waals surface area contributed by atoms with Gasteiger partial charge >= 0.3 is 0 Å². The molecule has 1 aromatic heterocycles. The molecule has 0 radical (unpaired) electrons. The summed E-state index contributed by atoms with van der Waals surface area (Å²) in [5, 5.41) is 23.7. The number of aromatic nitrogens is 1. The minimum absolute atomic E-state index is 0.0241. The molecule has 1 aliphatic heterocycles. The van der Waals surface area contributed by atoms with Gasteiger partial charge in [-0.05, 0) is 38.5 Å². The normalized spacial score (nSPS) is 30.8. The van der Waals surface area contributed by atoms with Crippen LogP contribution in [0.25, 0.3) is 0 Å². The van der Waals surface area contributed by atoms with E-state index in [1.54, 1.807) is 0 Å². The van der Waals surface area contributed by atoms with Crippen LogP contribution in [0.1, 0.15) is 49.7 Å². The van der Waals surface area contributed by atoms with Gasteiger partial charge in [0.05, 0.1) is 5.92 Å². The standard InChI is InChI=1S/C16H20N2O4/c19-12-11-7-3-4-8-16(11,15(22)17-12)18-13(20)9-5-1-2-6-10(9)14(18)21/h11,20-21H,1-8H2,(H,17,19,22). The van der Waals surface area contributed by atoms with Crippen molar-refractivity contribution in [2.24, 2.45) is 5.92 Å². The minimum Gasteiger partial charge on any atom is -0.494 e. The van der Waals surface area contributed by atoms with Gasteiger partial charge in [0.2, 0.25) is 5.91 Å². The molecular formula is C16H20N2O4. The van der Waals surface area contributed by atoms with Gasteiger partial charge in [-0.2, -0.15) is 0 Å². The number of nitrogens with one attached hydrogen (secondary N) is 1. The molecule has 22 heavy (non-hydrogen) atoms. The monoisotopic (exact) mass is 304 g/mol. The van der Waals surface area contributed by atoms with E-state index in [9.17, 15) is 19.8 Å². The Hall–Kier alpha value is -1.98. The summed E-state index contributed by atoms with van der Waals surface area (Å²) in [5.41, 5.74) is 0.338. The lowest BCUT2D eigenvalue weighted by molar-refractivity contribution is -0.129. The molecule has 0 bridgehead atoms. The number of imide groups is 1. The Bertz CT molecular complexity index is 649. The van der Waals surface area contributed by atoms with Crippen LogP contribution in [0.15, 0.2) is 0 Å². The molecule has 4 rings (SSSR count). The van der Waals surface area contributed by atoms with Crippen molar-refractivity contribution in [2.45, 2.75) is 56.9 Å². The third-order valence-electron chi connectivity index (χ3n) is 5.65. The number of rotatable bonds is 1. The van der Waals surface area contributed by atoms with Crippen LogP contribution in [-0.4, -0.2) is 26.6 Å². The number of carbonyl (C=O) groups is 2. The first-order valence-electron chi connectivity index (χ1n) is 8.07. The number of nitrogens with zero attached hydrogens (tertiary/aromatic N) is 1. The van der Waals surface area contributed by atoms with Crippen molar-refractivity contribution >= 4 is 11.8 Å². The first-order chi connectivity index (χ1) is 10.6. The number of amides is 2. The Morgan fingerprint density at radius 2 is 1.64 bits per heavy atom. The van der Waals surface area contributed by atoms with E-state index in [0.717, 1.165) is 36.8 Å². The van der Waals surface area contributed by atoms with Gasteiger partial charge in [0.15, 0.2) is 11.8 Å². The molecule has 2 unspecified atom stereocenters. The predicted molar refractivity (Wildman–Crippen MR) is 77.5 cm³/mol. The van der Waals surface area contributed by atoms with Crippen LogP contribution in [0.5, 0.6) is 11.8 Å². The van der Waals surface area contributed by atoms with Gasteiger partial charge in [0, 0.05) is 11.1 Å². The molecule has 3 aliphatic rings. The second-order valence-corrected chi connectivity index (χ2v) is 6.69. The van der Waals surface area contributed by atoms with Crippen molar-refractivity contribution in [3.63, 3.8) is 0 Å². The third kappa shape index (κ3) is 1.50. The Kier molecular flexibility index (Phi) is 2.80. The molecule has 118 valence electrons. The summed E-state index contributed by atoms with van der Waals surface area (Å²) in [6, 6.07) is 0. The Morgan fingerprint density at radius 3 is 2.27 bits per heavy atom. The number of aromatic hydroxyl groups is 2. The maximum Gasteiger partial charge on any atom is 0.253 e. The number of carbonyl (C=O) groups excluding carboxylic acids is 2. The summed E-state index contributed by atoms with van der Waals surface area (Å²) < 4.78 is 1.37. The van der Waals surface area contributed by atoms with Crippen molar-refractivity contribution in [3.8, 4) is 11.8 Å². The highest BCUT2D eigenvalue weighted by Gasteiger charge is 2.59. The van der Waals surface area contributed by atoms with E-state index in [4.69, 9.17) is 0 Å². The maximum absolute atomic E-state index is 12.6. The van der Waals surface area contributed by atoms with Crippen molar-refractivity contribution in [3.05, 3.63) is 11.1 Å². The van der Waals surface area contributed by atoms with Crippen LogP contribution in [-0.2, 0) is 28.0 Å². The van der Waals surface area contributed by atoms with Crippen LogP contribution >= 0.6 is 0 Å². The summed E-state index contributed by atoms with van der Waals surface area (Å²) in [5.74, 6) is -1.22. The van der Waals surface area contributed by atoms with E-state index in [1.165, 1.54) is 4.57 Å². The fourth-order valence-corrected chi connectivity index (χ4v) is 4.60. The van der Waals surface area contributed by atoms with Gasteiger partial charge in [-0.3, -0.25) is 19.5 Å². The molecule has 3 N–H and O–H groups in total. The summed E-state index contributed by atoms with van der Waals surface area (Å²) in [6.45, 7) is 0. The number of hydrogen-bond acceptors (Lipinski definition) is 4. The van der Waals surface area contributed by atoms with Gasteiger partial charge in [-0.1, -0.05) is 12.8 Å². The predicted octanol–water partition coefficient (Wildman–Crippen LogP) is 1.32. The van der Waals surface area contributed by atoms with Gasteiger partial charge < -0.3 is 10.2 Å². The van der Waals surface area contributed by atoms with Gasteiger partial charge in [0.1, 0.15) is 5.54 Å². The van der Waals surface area contributed by atoms with Crippen molar-refractivity contribution in [2.75, 3.05) is 0 Å². The fraction of sp³-hybridized carbons (Fsp3) is 0.625. The van der Waals surface area contributed by atoms with Gasteiger partial charge in [-0.15, -0.1) is 0 Å². The molecule has 6 heteroatoms. The van der Waals surface area contributed by atoms with E-state index in [2.05, 4.69) is 5.32 Å². The van der Waals surface area contributed by atoms with E-state index < -0.39 is 11.5 Å². The van der Waals surface area contributed by atoms with Gasteiger partial charge in [-0.25, -0.2) is 0 Å². The smallest absolute Gasteiger partial charge is 0.253 e. The summed E-state index contributed by atoms with van der Waals surface area (Å²) in [4.78, 5) is 24.7. The van der Waals surface area contributed by atoms with Crippen LogP contribution < -0.4 is 5.32 Å². The molecule has 2 fully saturated rings. The lowest BCUT2D eigenvalue weighted by Gasteiger charge is -2.37. The van der Waals surface area contributed by atoms with E-state index in [-0.39, 0.29) is 23.6 Å². The summed E-state index contributed by atoms with van der Waals surface area (Å²) >= 11 is 0. The molecule has 6 nitrogen and oxygen atoms in total. The van der Waals surface area contributed by atoms with Crippen molar-refractivity contribution in [1.29, 1.82) is 0 Å². The molecule has 2 heterocycles. The summed E-state index contributed by atoms with van der Waals surface area (Å²) in [6.07, 6.45) is 6.12. The van der Waals surface area contributed by atoms with Crippen LogP contribution in [0.3, 0.4) is 0 Å². The maximum atomic E-state index is 12.6.